The molecule has 1 unspecified atom stereocenters. The Morgan fingerprint density at radius 1 is 1.21 bits per heavy atom. The molecule has 3 heterocycles. The van der Waals surface area contributed by atoms with Gasteiger partial charge >= 0.3 is 5.97 Å². The fourth-order valence-corrected chi connectivity index (χ4v) is 3.58. The van der Waals surface area contributed by atoms with Gasteiger partial charge in [0.05, 0.1) is 11.1 Å². The van der Waals surface area contributed by atoms with Crippen LogP contribution in [0.3, 0.4) is 0 Å². The van der Waals surface area contributed by atoms with E-state index in [4.69, 9.17) is 0 Å². The van der Waals surface area contributed by atoms with Gasteiger partial charge in [0.15, 0.2) is 17.3 Å². The van der Waals surface area contributed by atoms with Crippen LogP contribution in [-0.4, -0.2) is 33.7 Å². The van der Waals surface area contributed by atoms with E-state index in [0.29, 0.717) is 25.1 Å². The van der Waals surface area contributed by atoms with Crippen LogP contribution in [0.5, 0.6) is 0 Å². The Morgan fingerprint density at radius 2 is 1.97 bits per heavy atom. The van der Waals surface area contributed by atoms with Gasteiger partial charge in [-0.1, -0.05) is 6.92 Å². The van der Waals surface area contributed by atoms with Crippen LogP contribution in [0.15, 0.2) is 35.3 Å². The molecular weight excluding hydrogens is 387 g/mol. The van der Waals surface area contributed by atoms with Crippen LogP contribution in [0.4, 0.5) is 19.0 Å². The molecule has 0 aliphatic carbocycles. The number of fused-ring (bicyclic) bond motifs is 1. The van der Waals surface area contributed by atoms with E-state index < -0.39 is 34.4 Å². The van der Waals surface area contributed by atoms with E-state index in [1.54, 1.807) is 4.90 Å². The number of nitrogens with zero attached hydrogens (tertiary/aromatic N) is 3. The maximum absolute atomic E-state index is 14.8. The first-order valence-electron chi connectivity index (χ1n) is 8.96. The van der Waals surface area contributed by atoms with Gasteiger partial charge in [0.1, 0.15) is 17.2 Å². The third-order valence-electron chi connectivity index (χ3n) is 5.04. The Bertz CT molecular complexity index is 1210. The van der Waals surface area contributed by atoms with E-state index in [9.17, 15) is 27.9 Å². The second-order valence-corrected chi connectivity index (χ2v) is 7.15. The molecule has 1 aromatic carbocycles. The third-order valence-corrected chi connectivity index (χ3v) is 5.04. The monoisotopic (exact) mass is 403 g/mol. The predicted octanol–water partition coefficient (Wildman–Crippen LogP) is 3.35. The van der Waals surface area contributed by atoms with Crippen LogP contribution in [0, 0.1) is 23.4 Å². The van der Waals surface area contributed by atoms with Gasteiger partial charge in [-0.05, 0) is 30.5 Å². The summed E-state index contributed by atoms with van der Waals surface area (Å²) >= 11 is 0. The van der Waals surface area contributed by atoms with E-state index in [-0.39, 0.29) is 22.5 Å². The lowest BCUT2D eigenvalue weighted by molar-refractivity contribution is 0.0695. The zero-order valence-corrected chi connectivity index (χ0v) is 15.3. The largest absolute Gasteiger partial charge is 0.477 e. The lowest BCUT2D eigenvalue weighted by Gasteiger charge is -2.20. The predicted molar refractivity (Wildman–Crippen MR) is 100 cm³/mol. The van der Waals surface area contributed by atoms with Crippen molar-refractivity contribution in [2.75, 3.05) is 18.0 Å². The molecule has 1 aliphatic heterocycles. The average molecular weight is 403 g/mol. The summed E-state index contributed by atoms with van der Waals surface area (Å²) in [5, 5.41) is 9.04. The summed E-state index contributed by atoms with van der Waals surface area (Å²) in [6.45, 7) is 3.15. The molecule has 0 amide bonds. The number of carboxylic acid groups (broad SMARTS) is 1. The highest BCUT2D eigenvalue weighted by Gasteiger charge is 2.25. The number of hydrogen-bond acceptors (Lipinski definition) is 4. The molecule has 0 radical (unpaired) electrons. The quantitative estimate of drug-likeness (QED) is 0.726. The van der Waals surface area contributed by atoms with E-state index >= 15 is 0 Å². The van der Waals surface area contributed by atoms with Gasteiger partial charge in [0.25, 0.3) is 0 Å². The van der Waals surface area contributed by atoms with Crippen LogP contribution in [-0.2, 0) is 0 Å². The average Bonchev–Trinajstić information content (AvgIpc) is 3.08. The normalized spacial score (nSPS) is 16.6. The van der Waals surface area contributed by atoms with Crippen LogP contribution in [0.2, 0.25) is 0 Å². The highest BCUT2D eigenvalue weighted by Crippen LogP contribution is 2.28. The fraction of sp³-hybridized carbons (Fsp3) is 0.250. The molecule has 29 heavy (non-hydrogen) atoms. The summed E-state index contributed by atoms with van der Waals surface area (Å²) in [6.07, 6.45) is 1.76. The van der Waals surface area contributed by atoms with Gasteiger partial charge < -0.3 is 10.0 Å². The standard InChI is InChI=1S/C20H16F3N3O3/c1-10-4-5-25(8-10)19-15(23)7-12-17(27)13(20(28)29)9-26(18(12)24-19)16-3-2-11(21)6-14(16)22/h2-3,6-7,9-10H,4-5,8H2,1H3,(H,28,29). The minimum atomic E-state index is -1.55. The van der Waals surface area contributed by atoms with Crippen molar-refractivity contribution in [2.24, 2.45) is 5.92 Å². The van der Waals surface area contributed by atoms with Gasteiger partial charge in [0.2, 0.25) is 5.43 Å². The first kappa shape index (κ1) is 19.0. The van der Waals surface area contributed by atoms with Gasteiger partial charge in [-0.15, -0.1) is 0 Å². The number of halogens is 3. The van der Waals surface area contributed by atoms with E-state index in [0.717, 1.165) is 35.4 Å². The lowest BCUT2D eigenvalue weighted by atomic mass is 10.1. The van der Waals surface area contributed by atoms with Crippen molar-refractivity contribution in [3.05, 3.63) is 63.7 Å². The molecule has 0 spiro atoms. The van der Waals surface area contributed by atoms with Crippen molar-refractivity contribution in [2.45, 2.75) is 13.3 Å². The van der Waals surface area contributed by atoms with Crippen molar-refractivity contribution in [3.63, 3.8) is 0 Å². The Hall–Kier alpha value is -3.36. The van der Waals surface area contributed by atoms with Crippen molar-refractivity contribution in [1.82, 2.24) is 9.55 Å². The molecule has 1 aliphatic rings. The summed E-state index contributed by atoms with van der Waals surface area (Å²) in [5.41, 5.74) is -1.93. The maximum atomic E-state index is 14.8. The minimum absolute atomic E-state index is 0.000551. The number of benzene rings is 1. The molecule has 1 N–H and O–H groups in total. The summed E-state index contributed by atoms with van der Waals surface area (Å²) in [5.74, 6) is -3.78. The first-order chi connectivity index (χ1) is 13.8. The summed E-state index contributed by atoms with van der Waals surface area (Å²) in [4.78, 5) is 30.0. The second-order valence-electron chi connectivity index (χ2n) is 7.15. The highest BCUT2D eigenvalue weighted by molar-refractivity contribution is 5.92. The summed E-state index contributed by atoms with van der Waals surface area (Å²) < 4.78 is 43.6. The molecule has 0 saturated carbocycles. The lowest BCUT2D eigenvalue weighted by Crippen LogP contribution is -2.24. The number of anilines is 1. The smallest absolute Gasteiger partial charge is 0.341 e. The third kappa shape index (κ3) is 3.22. The molecule has 150 valence electrons. The van der Waals surface area contributed by atoms with Crippen molar-refractivity contribution in [3.8, 4) is 5.69 Å². The Balaban J connectivity index is 2.05. The zero-order valence-electron chi connectivity index (χ0n) is 15.3. The number of carboxylic acids is 1. The molecule has 6 nitrogen and oxygen atoms in total. The maximum Gasteiger partial charge on any atom is 0.341 e. The minimum Gasteiger partial charge on any atom is -0.477 e. The van der Waals surface area contributed by atoms with Crippen molar-refractivity contribution in [1.29, 1.82) is 0 Å². The van der Waals surface area contributed by atoms with Crippen LogP contribution < -0.4 is 10.3 Å². The second kappa shape index (κ2) is 6.91. The van der Waals surface area contributed by atoms with E-state index in [2.05, 4.69) is 4.98 Å². The zero-order chi connectivity index (χ0) is 20.9. The van der Waals surface area contributed by atoms with Gasteiger partial charge in [-0.3, -0.25) is 9.36 Å². The molecule has 2 aromatic heterocycles. The van der Waals surface area contributed by atoms with Gasteiger partial charge in [-0.25, -0.2) is 22.9 Å². The van der Waals surface area contributed by atoms with Gasteiger partial charge in [-0.2, -0.15) is 0 Å². The number of pyridine rings is 2. The Kier molecular flexibility index (Phi) is 4.52. The number of carbonyl (C=O) groups is 1. The number of rotatable bonds is 3. The van der Waals surface area contributed by atoms with E-state index in [1.807, 2.05) is 6.92 Å². The molecule has 1 atom stereocenters. The first-order valence-corrected chi connectivity index (χ1v) is 8.96. The van der Waals surface area contributed by atoms with Crippen LogP contribution in [0.1, 0.15) is 23.7 Å². The van der Waals surface area contributed by atoms with E-state index in [1.165, 1.54) is 0 Å². The Labute approximate surface area is 162 Å². The number of aromatic nitrogens is 2. The Morgan fingerprint density at radius 3 is 2.59 bits per heavy atom. The summed E-state index contributed by atoms with van der Waals surface area (Å²) in [6, 6.07) is 3.65. The summed E-state index contributed by atoms with van der Waals surface area (Å²) in [7, 11) is 0. The van der Waals surface area contributed by atoms with Crippen molar-refractivity contribution < 1.29 is 23.1 Å². The molecule has 4 rings (SSSR count). The molecule has 1 saturated heterocycles. The topological polar surface area (TPSA) is 75.4 Å². The van der Waals surface area contributed by atoms with Gasteiger partial charge in [0, 0.05) is 25.4 Å². The van der Waals surface area contributed by atoms with Crippen molar-refractivity contribution >= 4 is 22.8 Å². The molecule has 0 bridgehead atoms. The SMILES string of the molecule is CC1CCN(c2nc3c(cc2F)c(=O)c(C(=O)O)cn3-c2ccc(F)cc2F)C1. The van der Waals surface area contributed by atoms with Crippen LogP contribution in [0.25, 0.3) is 16.7 Å². The number of hydrogen-bond donors (Lipinski definition) is 1. The number of aromatic carboxylic acids is 1. The molecule has 9 heteroatoms. The molecular formula is C20H16F3N3O3. The molecule has 1 fully saturated rings. The molecule has 3 aromatic rings. The van der Waals surface area contributed by atoms with Crippen LogP contribution >= 0.6 is 0 Å². The fourth-order valence-electron chi connectivity index (χ4n) is 3.58. The highest BCUT2D eigenvalue weighted by atomic mass is 19.1.